The first-order chi connectivity index (χ1) is 23.2. The number of H-pyrrole nitrogens is 1. The molecule has 7 rings (SSSR count). The zero-order valence-corrected chi connectivity index (χ0v) is 28.3. The van der Waals surface area contributed by atoms with Crippen molar-refractivity contribution in [3.63, 3.8) is 0 Å². The van der Waals surface area contributed by atoms with Crippen LogP contribution in [0.5, 0.6) is 5.88 Å². The van der Waals surface area contributed by atoms with Crippen molar-refractivity contribution in [2.75, 3.05) is 86.6 Å². The molecule has 2 saturated heterocycles. The van der Waals surface area contributed by atoms with Crippen LogP contribution in [0.4, 0.5) is 34.6 Å². The molecule has 5 aromatic rings. The molecule has 0 radical (unpaired) electrons. The summed E-state index contributed by atoms with van der Waals surface area (Å²) in [5.41, 5.74) is 3.75. The van der Waals surface area contributed by atoms with Gasteiger partial charge in [0.1, 0.15) is 28.2 Å². The highest BCUT2D eigenvalue weighted by Crippen LogP contribution is 2.37. The van der Waals surface area contributed by atoms with Gasteiger partial charge in [0.05, 0.1) is 30.1 Å². The number of hydrogen-bond acceptors (Lipinski definition) is 13. The van der Waals surface area contributed by atoms with Gasteiger partial charge < -0.3 is 30.2 Å². The Bertz CT molecular complexity index is 2040. The summed E-state index contributed by atoms with van der Waals surface area (Å²) in [6, 6.07) is 9.94. The van der Waals surface area contributed by atoms with Gasteiger partial charge >= 0.3 is 0 Å². The quantitative estimate of drug-likeness (QED) is 0.209. The highest BCUT2D eigenvalue weighted by Gasteiger charge is 2.28. The molecule has 0 unspecified atom stereocenters. The minimum atomic E-state index is -3.63. The summed E-state index contributed by atoms with van der Waals surface area (Å²) in [5.74, 6) is 2.06. The smallest absolute Gasteiger partial charge is 0.239 e. The van der Waals surface area contributed by atoms with Crippen LogP contribution >= 0.6 is 0 Å². The van der Waals surface area contributed by atoms with Gasteiger partial charge in [-0.3, -0.25) is 19.2 Å². The van der Waals surface area contributed by atoms with Crippen molar-refractivity contribution in [3.05, 3.63) is 48.9 Å². The lowest BCUT2D eigenvalue weighted by Crippen LogP contribution is -2.52. The summed E-state index contributed by atoms with van der Waals surface area (Å²) in [4.78, 5) is 33.7. The van der Waals surface area contributed by atoms with E-state index < -0.39 is 10.0 Å². The average molecular weight is 673 g/mol. The number of hydrogen-bond donors (Lipinski definition) is 3. The van der Waals surface area contributed by atoms with Crippen molar-refractivity contribution >= 4 is 66.7 Å². The number of benzene rings is 1. The molecule has 15 nitrogen and oxygen atoms in total. The first-order valence-electron chi connectivity index (χ1n) is 16.0. The Morgan fingerprint density at radius 1 is 0.896 bits per heavy atom. The third-order valence-electron chi connectivity index (χ3n) is 9.21. The zero-order valence-electron chi connectivity index (χ0n) is 27.5. The third kappa shape index (κ3) is 6.37. The van der Waals surface area contributed by atoms with Crippen molar-refractivity contribution in [1.29, 1.82) is 0 Å². The highest BCUT2D eigenvalue weighted by atomic mass is 32.2. The van der Waals surface area contributed by atoms with Crippen LogP contribution in [0.3, 0.4) is 0 Å². The molecular formula is C32H40N12O3S. The number of methoxy groups -OCH3 is 1. The Morgan fingerprint density at radius 2 is 1.65 bits per heavy atom. The first-order valence-corrected chi connectivity index (χ1v) is 17.8. The van der Waals surface area contributed by atoms with E-state index in [1.807, 2.05) is 18.2 Å². The monoisotopic (exact) mass is 672 g/mol. The summed E-state index contributed by atoms with van der Waals surface area (Å²) in [5, 5.41) is 6.61. The average Bonchev–Trinajstić information content (AvgIpc) is 3.57. The fourth-order valence-electron chi connectivity index (χ4n) is 6.45. The van der Waals surface area contributed by atoms with Gasteiger partial charge in [-0.05, 0) is 50.2 Å². The molecule has 0 amide bonds. The molecule has 48 heavy (non-hydrogen) atoms. The number of likely N-dealkylation sites (N-methyl/N-ethyl adjacent to an activating group) is 1. The van der Waals surface area contributed by atoms with E-state index in [-0.39, 0.29) is 0 Å². The van der Waals surface area contributed by atoms with Crippen LogP contribution in [-0.2, 0) is 10.0 Å². The van der Waals surface area contributed by atoms with E-state index in [1.54, 1.807) is 31.6 Å². The Labute approximate surface area is 279 Å². The first kappa shape index (κ1) is 31.8. The van der Waals surface area contributed by atoms with Gasteiger partial charge in [0.25, 0.3) is 0 Å². The summed E-state index contributed by atoms with van der Waals surface area (Å²) in [6.45, 7) is 6.42. The molecule has 0 atom stereocenters. The summed E-state index contributed by atoms with van der Waals surface area (Å²) in [6.07, 6.45) is 8.24. The van der Waals surface area contributed by atoms with Crippen LogP contribution in [0.15, 0.2) is 48.9 Å². The molecule has 1 aromatic carbocycles. The SMILES string of the molecule is COc1nc(N2CCC(N3CCN(C)CC3)CC2)ccc1Nc1nc(Nc2ccc3nccnc3c2N(C)S(C)(=O)=O)c2[nH]ccc2n1. The van der Waals surface area contributed by atoms with Crippen LogP contribution in [0.2, 0.25) is 0 Å². The van der Waals surface area contributed by atoms with Gasteiger partial charge in [-0.15, -0.1) is 0 Å². The van der Waals surface area contributed by atoms with Gasteiger partial charge in [-0.1, -0.05) is 0 Å². The number of aromatic amines is 1. The Hall–Kier alpha value is -4.80. The van der Waals surface area contributed by atoms with Crippen LogP contribution in [0.25, 0.3) is 22.1 Å². The molecule has 0 aliphatic carbocycles. The van der Waals surface area contributed by atoms with E-state index in [0.29, 0.717) is 62.8 Å². The fraction of sp³-hybridized carbons (Fsp3) is 0.406. The lowest BCUT2D eigenvalue weighted by molar-refractivity contribution is 0.0981. The van der Waals surface area contributed by atoms with Gasteiger partial charge in [-0.2, -0.15) is 9.97 Å². The molecule has 6 heterocycles. The second-order valence-corrected chi connectivity index (χ2v) is 14.3. The van der Waals surface area contributed by atoms with E-state index in [2.05, 4.69) is 47.3 Å². The lowest BCUT2D eigenvalue weighted by Gasteiger charge is -2.42. The molecule has 252 valence electrons. The molecule has 2 aliphatic rings. The highest BCUT2D eigenvalue weighted by molar-refractivity contribution is 7.92. The minimum Gasteiger partial charge on any atom is -0.479 e. The number of fused-ring (bicyclic) bond motifs is 2. The maximum Gasteiger partial charge on any atom is 0.239 e. The number of ether oxygens (including phenoxy) is 1. The predicted molar refractivity (Wildman–Crippen MR) is 188 cm³/mol. The number of rotatable bonds is 9. The van der Waals surface area contributed by atoms with Gasteiger partial charge in [0.2, 0.25) is 21.9 Å². The van der Waals surface area contributed by atoms with Gasteiger partial charge in [0, 0.05) is 70.9 Å². The van der Waals surface area contributed by atoms with E-state index in [9.17, 15) is 8.42 Å². The molecular weight excluding hydrogens is 632 g/mol. The molecule has 2 aliphatic heterocycles. The molecule has 3 N–H and O–H groups in total. The fourth-order valence-corrected chi connectivity index (χ4v) is 6.97. The van der Waals surface area contributed by atoms with Crippen molar-refractivity contribution < 1.29 is 13.2 Å². The number of sulfonamides is 1. The molecule has 0 spiro atoms. The third-order valence-corrected chi connectivity index (χ3v) is 10.4. The molecule has 0 bridgehead atoms. The lowest BCUT2D eigenvalue weighted by atomic mass is 10.0. The predicted octanol–water partition coefficient (Wildman–Crippen LogP) is 3.40. The zero-order chi connectivity index (χ0) is 33.4. The van der Waals surface area contributed by atoms with Crippen molar-refractivity contribution in [3.8, 4) is 5.88 Å². The summed E-state index contributed by atoms with van der Waals surface area (Å²) < 4.78 is 32.2. The number of nitrogens with one attached hydrogen (secondary N) is 3. The van der Waals surface area contributed by atoms with Crippen molar-refractivity contribution in [2.45, 2.75) is 18.9 Å². The van der Waals surface area contributed by atoms with Crippen LogP contribution in [-0.4, -0.2) is 121 Å². The van der Waals surface area contributed by atoms with Crippen LogP contribution in [0.1, 0.15) is 12.8 Å². The van der Waals surface area contributed by atoms with Gasteiger partial charge in [0.15, 0.2) is 5.82 Å². The van der Waals surface area contributed by atoms with Crippen molar-refractivity contribution in [1.82, 2.24) is 39.7 Å². The standard InChI is InChI=1S/C32H40N12O3S/c1-41-17-19-43(20-18-41)21-10-15-44(16-11-21)26-8-7-25(31(39-26)47-3)38-32-37-23-9-12-34-28(23)30(40-32)36-24-6-5-22-27(35-14-13-33-22)29(24)42(2)48(4,45)46/h5-9,12-14,21,34H,10-11,15-20H2,1-4H3,(H2,36,37,38,40). The molecule has 0 saturated carbocycles. The Morgan fingerprint density at radius 3 is 2.40 bits per heavy atom. The maximum atomic E-state index is 12.7. The molecule has 4 aromatic heterocycles. The van der Waals surface area contributed by atoms with E-state index in [1.165, 1.54) is 17.5 Å². The van der Waals surface area contributed by atoms with E-state index in [4.69, 9.17) is 19.7 Å². The topological polar surface area (TPSA) is 161 Å². The Kier molecular flexibility index (Phi) is 8.61. The number of piperidine rings is 1. The van der Waals surface area contributed by atoms with Crippen LogP contribution < -0.4 is 24.6 Å². The number of nitrogens with zero attached hydrogens (tertiary/aromatic N) is 9. The van der Waals surface area contributed by atoms with E-state index in [0.717, 1.165) is 64.2 Å². The van der Waals surface area contributed by atoms with Crippen molar-refractivity contribution in [2.24, 2.45) is 0 Å². The van der Waals surface area contributed by atoms with Gasteiger partial charge in [-0.25, -0.2) is 13.4 Å². The molecule has 2 fully saturated rings. The number of anilines is 6. The second-order valence-electron chi connectivity index (χ2n) is 12.3. The molecule has 16 heteroatoms. The second kappa shape index (κ2) is 13.0. The number of aromatic nitrogens is 6. The van der Waals surface area contributed by atoms with Crippen LogP contribution in [0, 0.1) is 0 Å². The summed E-state index contributed by atoms with van der Waals surface area (Å²) >= 11 is 0. The largest absolute Gasteiger partial charge is 0.479 e. The number of pyridine rings is 1. The van der Waals surface area contributed by atoms with E-state index >= 15 is 0 Å². The number of piperazine rings is 1. The Balaban J connectivity index is 1.14. The minimum absolute atomic E-state index is 0.309. The maximum absolute atomic E-state index is 12.7. The normalized spacial score (nSPS) is 16.8. The summed E-state index contributed by atoms with van der Waals surface area (Å²) in [7, 11) is 1.65.